The van der Waals surface area contributed by atoms with Crippen LogP contribution in [0.4, 0.5) is 0 Å². The molecule has 0 saturated carbocycles. The van der Waals surface area contributed by atoms with Gasteiger partial charge in [0.1, 0.15) is 0 Å². The summed E-state index contributed by atoms with van der Waals surface area (Å²) in [7, 11) is -1.62. The summed E-state index contributed by atoms with van der Waals surface area (Å²) in [5.41, 5.74) is 0. The molecular weight excluding hydrogens is 212 g/mol. The Bertz CT molecular complexity index is 250. The first-order valence-electron chi connectivity index (χ1n) is 5.52. The lowest BCUT2D eigenvalue weighted by Crippen LogP contribution is -2.34. The van der Waals surface area contributed by atoms with Crippen molar-refractivity contribution >= 4 is 10.0 Å². The maximum Gasteiger partial charge on any atom is 0.212 e. The molecule has 4 nitrogen and oxygen atoms in total. The van der Waals surface area contributed by atoms with E-state index in [1.807, 2.05) is 0 Å². The molecule has 0 fully saturated rings. The highest BCUT2D eigenvalue weighted by molar-refractivity contribution is 7.89. The molecule has 0 heterocycles. The summed E-state index contributed by atoms with van der Waals surface area (Å²) in [5, 5.41) is 3.21. The van der Waals surface area contributed by atoms with Crippen LogP contribution in [-0.2, 0) is 10.0 Å². The van der Waals surface area contributed by atoms with Gasteiger partial charge in [0.25, 0.3) is 0 Å². The van der Waals surface area contributed by atoms with Crippen molar-refractivity contribution in [1.82, 2.24) is 10.0 Å². The summed E-state index contributed by atoms with van der Waals surface area (Å²) < 4.78 is 24.5. The van der Waals surface area contributed by atoms with Crippen LogP contribution >= 0.6 is 0 Å². The van der Waals surface area contributed by atoms with Crippen LogP contribution in [0.25, 0.3) is 0 Å². The Balaban J connectivity index is 3.59. The lowest BCUT2D eigenvalue weighted by Gasteiger charge is -2.14. The molecule has 0 radical (unpaired) electrons. The Morgan fingerprint density at radius 3 is 2.20 bits per heavy atom. The van der Waals surface area contributed by atoms with Gasteiger partial charge in [-0.2, -0.15) is 0 Å². The van der Waals surface area contributed by atoms with Crippen LogP contribution in [0.15, 0.2) is 0 Å². The SMILES string of the molecule is CNS(=O)(=O)CCNC(C)CCC(C)C. The minimum Gasteiger partial charge on any atom is -0.313 e. The highest BCUT2D eigenvalue weighted by Crippen LogP contribution is 2.05. The Morgan fingerprint density at radius 2 is 1.73 bits per heavy atom. The average molecular weight is 236 g/mol. The van der Waals surface area contributed by atoms with E-state index >= 15 is 0 Å². The molecule has 0 aromatic rings. The van der Waals surface area contributed by atoms with Gasteiger partial charge in [0, 0.05) is 12.6 Å². The fourth-order valence-electron chi connectivity index (χ4n) is 1.23. The van der Waals surface area contributed by atoms with Gasteiger partial charge in [-0.3, -0.25) is 0 Å². The van der Waals surface area contributed by atoms with E-state index in [9.17, 15) is 8.42 Å². The van der Waals surface area contributed by atoms with Crippen molar-refractivity contribution in [3.63, 3.8) is 0 Å². The van der Waals surface area contributed by atoms with Crippen LogP contribution in [0.5, 0.6) is 0 Å². The lowest BCUT2D eigenvalue weighted by atomic mass is 10.0. The van der Waals surface area contributed by atoms with E-state index in [4.69, 9.17) is 0 Å². The fraction of sp³-hybridized carbons (Fsp3) is 1.00. The van der Waals surface area contributed by atoms with Gasteiger partial charge in [-0.1, -0.05) is 13.8 Å². The van der Waals surface area contributed by atoms with Gasteiger partial charge in [0.2, 0.25) is 10.0 Å². The molecule has 2 N–H and O–H groups in total. The van der Waals surface area contributed by atoms with Crippen LogP contribution < -0.4 is 10.0 Å². The molecular formula is C10H24N2O2S. The van der Waals surface area contributed by atoms with Gasteiger partial charge in [0.05, 0.1) is 5.75 Å². The molecule has 0 bridgehead atoms. The van der Waals surface area contributed by atoms with Crippen LogP contribution in [0.2, 0.25) is 0 Å². The first kappa shape index (κ1) is 14.9. The zero-order chi connectivity index (χ0) is 11.9. The first-order chi connectivity index (χ1) is 6.87. The number of sulfonamides is 1. The molecule has 1 unspecified atom stereocenters. The zero-order valence-electron chi connectivity index (χ0n) is 10.2. The molecule has 15 heavy (non-hydrogen) atoms. The zero-order valence-corrected chi connectivity index (χ0v) is 11.0. The molecule has 0 aliphatic carbocycles. The summed E-state index contributed by atoms with van der Waals surface area (Å²) >= 11 is 0. The number of hydrogen-bond acceptors (Lipinski definition) is 3. The Kier molecular flexibility index (Phi) is 7.13. The summed E-state index contributed by atoms with van der Waals surface area (Å²) in [6.45, 7) is 6.99. The van der Waals surface area contributed by atoms with Gasteiger partial charge in [0.15, 0.2) is 0 Å². The topological polar surface area (TPSA) is 58.2 Å². The molecule has 0 aromatic heterocycles. The number of hydrogen-bond donors (Lipinski definition) is 2. The van der Waals surface area contributed by atoms with Crippen molar-refractivity contribution in [2.24, 2.45) is 5.92 Å². The van der Waals surface area contributed by atoms with Crippen molar-refractivity contribution < 1.29 is 8.42 Å². The van der Waals surface area contributed by atoms with Crippen LogP contribution in [0, 0.1) is 5.92 Å². The van der Waals surface area contributed by atoms with Crippen LogP contribution in [-0.4, -0.2) is 33.8 Å². The molecule has 0 saturated heterocycles. The van der Waals surface area contributed by atoms with Gasteiger partial charge in [-0.25, -0.2) is 13.1 Å². The van der Waals surface area contributed by atoms with Crippen molar-refractivity contribution in [2.45, 2.75) is 39.7 Å². The van der Waals surface area contributed by atoms with Gasteiger partial charge in [-0.15, -0.1) is 0 Å². The Labute approximate surface area is 93.9 Å². The second-order valence-corrected chi connectivity index (χ2v) is 6.40. The van der Waals surface area contributed by atoms with E-state index in [2.05, 4.69) is 30.8 Å². The fourth-order valence-corrected chi connectivity index (χ4v) is 1.82. The minimum atomic E-state index is -3.06. The van der Waals surface area contributed by atoms with E-state index in [1.165, 1.54) is 13.5 Å². The summed E-state index contributed by atoms with van der Waals surface area (Å²) in [5.74, 6) is 0.852. The monoisotopic (exact) mass is 236 g/mol. The third-order valence-electron chi connectivity index (χ3n) is 2.35. The number of nitrogens with one attached hydrogen (secondary N) is 2. The van der Waals surface area contributed by atoms with Crippen molar-refractivity contribution in [1.29, 1.82) is 0 Å². The Hall–Kier alpha value is -0.130. The smallest absolute Gasteiger partial charge is 0.212 e. The average Bonchev–Trinajstić information content (AvgIpc) is 2.14. The predicted octanol–water partition coefficient (Wildman–Crippen LogP) is 0.950. The molecule has 0 aliphatic rings. The largest absolute Gasteiger partial charge is 0.313 e. The molecule has 0 amide bonds. The number of rotatable bonds is 8. The van der Waals surface area contributed by atoms with Crippen molar-refractivity contribution in [3.05, 3.63) is 0 Å². The quantitative estimate of drug-likeness (QED) is 0.660. The molecule has 0 aromatic carbocycles. The van der Waals surface area contributed by atoms with Gasteiger partial charge < -0.3 is 5.32 Å². The normalized spacial score (nSPS) is 14.5. The summed E-state index contributed by atoms with van der Waals surface area (Å²) in [6, 6.07) is 0.388. The molecule has 1 atom stereocenters. The van der Waals surface area contributed by atoms with Crippen LogP contribution in [0.3, 0.4) is 0 Å². The second-order valence-electron chi connectivity index (χ2n) is 4.35. The van der Waals surface area contributed by atoms with Crippen molar-refractivity contribution in [3.8, 4) is 0 Å². The Morgan fingerprint density at radius 1 is 1.13 bits per heavy atom. The molecule has 0 aliphatic heterocycles. The molecule has 0 rings (SSSR count). The molecule has 5 heteroatoms. The standard InChI is InChI=1S/C10H24N2O2S/c1-9(2)5-6-10(3)12-7-8-15(13,14)11-4/h9-12H,5-8H2,1-4H3. The summed E-state index contributed by atoms with van der Waals surface area (Å²) in [6.07, 6.45) is 2.27. The third-order valence-corrected chi connectivity index (χ3v) is 3.72. The predicted molar refractivity (Wildman–Crippen MR) is 64.4 cm³/mol. The second kappa shape index (κ2) is 7.19. The highest BCUT2D eigenvalue weighted by atomic mass is 32.2. The maximum absolute atomic E-state index is 11.1. The van der Waals surface area contributed by atoms with Gasteiger partial charge >= 0.3 is 0 Å². The lowest BCUT2D eigenvalue weighted by molar-refractivity contribution is 0.458. The van der Waals surface area contributed by atoms with E-state index < -0.39 is 10.0 Å². The maximum atomic E-state index is 11.1. The van der Waals surface area contributed by atoms with E-state index in [-0.39, 0.29) is 5.75 Å². The van der Waals surface area contributed by atoms with Crippen molar-refractivity contribution in [2.75, 3.05) is 19.3 Å². The molecule has 92 valence electrons. The highest BCUT2D eigenvalue weighted by Gasteiger charge is 2.08. The summed E-state index contributed by atoms with van der Waals surface area (Å²) in [4.78, 5) is 0. The van der Waals surface area contributed by atoms with Crippen LogP contribution in [0.1, 0.15) is 33.6 Å². The third kappa shape index (κ3) is 8.84. The minimum absolute atomic E-state index is 0.148. The van der Waals surface area contributed by atoms with E-state index in [1.54, 1.807) is 0 Å². The first-order valence-corrected chi connectivity index (χ1v) is 7.17. The molecule has 0 spiro atoms. The van der Waals surface area contributed by atoms with E-state index in [0.29, 0.717) is 18.5 Å². The van der Waals surface area contributed by atoms with Gasteiger partial charge in [-0.05, 0) is 32.7 Å². The van der Waals surface area contributed by atoms with E-state index in [0.717, 1.165) is 6.42 Å².